The summed E-state index contributed by atoms with van der Waals surface area (Å²) in [6, 6.07) is 13.5. The number of fused-ring (bicyclic) bond motifs is 1. The Labute approximate surface area is 212 Å². The van der Waals surface area contributed by atoms with Gasteiger partial charge in [0, 0.05) is 22.7 Å². The molecule has 8 nitrogen and oxygen atoms in total. The highest BCUT2D eigenvalue weighted by Crippen LogP contribution is 2.49. The number of hydrogen-bond acceptors (Lipinski definition) is 6. The van der Waals surface area contributed by atoms with Crippen molar-refractivity contribution in [3.05, 3.63) is 64.8 Å². The number of aromatic nitrogens is 1. The Morgan fingerprint density at radius 1 is 1.17 bits per heavy atom. The van der Waals surface area contributed by atoms with E-state index in [2.05, 4.69) is 27.0 Å². The summed E-state index contributed by atoms with van der Waals surface area (Å²) in [7, 11) is -1.38. The minimum Gasteiger partial charge on any atom is -0.492 e. The lowest BCUT2D eigenvalue weighted by Gasteiger charge is -2.37. The third kappa shape index (κ3) is 5.03. The Bertz CT molecular complexity index is 1450. The van der Waals surface area contributed by atoms with Gasteiger partial charge in [-0.15, -0.1) is 0 Å². The molecule has 0 radical (unpaired) electrons. The fraction of sp³-hybridized carbons (Fsp3) is 0.407. The van der Waals surface area contributed by atoms with E-state index in [1.165, 1.54) is 0 Å². The standard InChI is InChI=1S/C27H32N4O4S/c1-17-5-7-21(35-16-20-9-12-31(20)3)15-23(17)26(32)29-27(10-11-27)24-13-19(30-36(4,33)34)14-25-22(24)8-6-18(2)28-25/h5-8,13-15,20,30H,9-12,16H2,1-4H3,(H,29,32). The van der Waals surface area contributed by atoms with Crippen molar-refractivity contribution in [2.24, 2.45) is 0 Å². The molecule has 1 saturated heterocycles. The maximum atomic E-state index is 13.5. The van der Waals surface area contributed by atoms with Gasteiger partial charge in [-0.3, -0.25) is 19.4 Å². The van der Waals surface area contributed by atoms with E-state index < -0.39 is 15.6 Å². The van der Waals surface area contributed by atoms with E-state index >= 15 is 0 Å². The number of likely N-dealkylation sites (N-methyl/N-ethyl adjacent to an activating group) is 1. The molecule has 2 aromatic carbocycles. The van der Waals surface area contributed by atoms with E-state index in [0.717, 1.165) is 54.3 Å². The summed E-state index contributed by atoms with van der Waals surface area (Å²) >= 11 is 0. The molecule has 1 unspecified atom stereocenters. The van der Waals surface area contributed by atoms with Crippen LogP contribution in [0.1, 0.15) is 46.4 Å². The molecule has 2 fully saturated rings. The Hall–Kier alpha value is -3.17. The number of nitrogens with zero attached hydrogens (tertiary/aromatic N) is 2. The molecule has 0 spiro atoms. The molecule has 3 aromatic rings. The maximum absolute atomic E-state index is 13.5. The molecule has 2 N–H and O–H groups in total. The first-order valence-electron chi connectivity index (χ1n) is 12.2. The van der Waals surface area contributed by atoms with Crippen LogP contribution in [0.4, 0.5) is 5.69 Å². The van der Waals surface area contributed by atoms with Crippen molar-refractivity contribution in [2.75, 3.05) is 31.2 Å². The molecule has 1 aliphatic carbocycles. The molecule has 9 heteroatoms. The summed E-state index contributed by atoms with van der Waals surface area (Å²) in [6.45, 7) is 5.49. The van der Waals surface area contributed by atoms with Crippen LogP contribution < -0.4 is 14.8 Å². The number of benzene rings is 2. The Balaban J connectivity index is 1.43. The van der Waals surface area contributed by atoms with Gasteiger partial charge < -0.3 is 10.1 Å². The van der Waals surface area contributed by atoms with E-state index in [0.29, 0.717) is 35.2 Å². The topological polar surface area (TPSA) is 101 Å². The first-order chi connectivity index (χ1) is 17.0. The van der Waals surface area contributed by atoms with Gasteiger partial charge in [0.2, 0.25) is 10.0 Å². The van der Waals surface area contributed by atoms with Crippen molar-refractivity contribution in [1.82, 2.24) is 15.2 Å². The number of rotatable bonds is 8. The smallest absolute Gasteiger partial charge is 0.252 e. The Morgan fingerprint density at radius 2 is 1.94 bits per heavy atom. The largest absolute Gasteiger partial charge is 0.492 e. The number of anilines is 1. The number of carbonyl (C=O) groups is 1. The van der Waals surface area contributed by atoms with Crippen molar-refractivity contribution >= 4 is 32.5 Å². The zero-order valence-electron chi connectivity index (χ0n) is 21.1. The second-order valence-corrected chi connectivity index (χ2v) is 11.9. The van der Waals surface area contributed by atoms with Crippen molar-refractivity contribution in [1.29, 1.82) is 0 Å². The number of nitrogens with one attached hydrogen (secondary N) is 2. The lowest BCUT2D eigenvalue weighted by atomic mass is 9.97. The van der Waals surface area contributed by atoms with Crippen LogP contribution in [0.5, 0.6) is 5.75 Å². The number of pyridine rings is 1. The minimum absolute atomic E-state index is 0.175. The summed E-state index contributed by atoms with van der Waals surface area (Å²) in [5, 5.41) is 4.15. The number of hydrogen-bond donors (Lipinski definition) is 2. The number of aryl methyl sites for hydroxylation is 2. The molecule has 1 amide bonds. The van der Waals surface area contributed by atoms with Crippen LogP contribution in [-0.2, 0) is 15.6 Å². The molecule has 1 atom stereocenters. The van der Waals surface area contributed by atoms with E-state index in [4.69, 9.17) is 4.74 Å². The molecule has 5 rings (SSSR count). The first-order valence-corrected chi connectivity index (χ1v) is 14.1. The van der Waals surface area contributed by atoms with E-state index in [-0.39, 0.29) is 5.91 Å². The average molecular weight is 509 g/mol. The molecule has 1 aromatic heterocycles. The van der Waals surface area contributed by atoms with Crippen molar-refractivity contribution < 1.29 is 17.9 Å². The Kier molecular flexibility index (Phi) is 6.16. The predicted molar refractivity (Wildman–Crippen MR) is 141 cm³/mol. The third-order valence-corrected chi connectivity index (χ3v) is 7.81. The molecule has 2 aliphatic rings. The summed E-state index contributed by atoms with van der Waals surface area (Å²) in [5.74, 6) is 0.506. The van der Waals surface area contributed by atoms with Crippen molar-refractivity contribution in [3.63, 3.8) is 0 Å². The van der Waals surface area contributed by atoms with Crippen LogP contribution in [0.15, 0.2) is 42.5 Å². The predicted octanol–water partition coefficient (Wildman–Crippen LogP) is 3.73. The van der Waals surface area contributed by atoms with E-state index in [9.17, 15) is 13.2 Å². The Morgan fingerprint density at radius 3 is 2.58 bits per heavy atom. The molecule has 2 heterocycles. The molecular formula is C27H32N4O4S. The lowest BCUT2D eigenvalue weighted by molar-refractivity contribution is 0.0767. The van der Waals surface area contributed by atoms with Gasteiger partial charge in [0.1, 0.15) is 12.4 Å². The number of amides is 1. The van der Waals surface area contributed by atoms with E-state index in [1.807, 2.05) is 50.2 Å². The van der Waals surface area contributed by atoms with Gasteiger partial charge in [-0.05, 0) is 88.2 Å². The maximum Gasteiger partial charge on any atom is 0.252 e. The highest BCUT2D eigenvalue weighted by atomic mass is 32.2. The van der Waals surface area contributed by atoms with Gasteiger partial charge in [-0.1, -0.05) is 12.1 Å². The highest BCUT2D eigenvalue weighted by Gasteiger charge is 2.47. The second-order valence-electron chi connectivity index (χ2n) is 10.2. The van der Waals surface area contributed by atoms with Gasteiger partial charge in [-0.2, -0.15) is 0 Å². The SMILES string of the molecule is Cc1ccc2c(C3(NC(=O)c4cc(OCC5CCN5C)ccc4C)CC3)cc(NS(C)(=O)=O)cc2n1. The van der Waals surface area contributed by atoms with Crippen molar-refractivity contribution in [3.8, 4) is 5.75 Å². The normalized spacial score (nSPS) is 18.9. The fourth-order valence-electron chi connectivity index (χ4n) is 4.79. The molecule has 36 heavy (non-hydrogen) atoms. The van der Waals surface area contributed by atoms with Gasteiger partial charge in [0.15, 0.2) is 0 Å². The summed E-state index contributed by atoms with van der Waals surface area (Å²) in [6.07, 6.45) is 3.75. The fourth-order valence-corrected chi connectivity index (χ4v) is 5.33. The molecule has 1 saturated carbocycles. The number of ether oxygens (including phenoxy) is 1. The zero-order valence-corrected chi connectivity index (χ0v) is 21.9. The van der Waals surface area contributed by atoms with E-state index in [1.54, 1.807) is 6.07 Å². The second kappa shape index (κ2) is 9.05. The molecule has 0 bridgehead atoms. The summed E-state index contributed by atoms with van der Waals surface area (Å²) in [4.78, 5) is 20.4. The van der Waals surface area contributed by atoms with Crippen LogP contribution in [0.2, 0.25) is 0 Å². The summed E-state index contributed by atoms with van der Waals surface area (Å²) in [5.41, 5.74) is 3.68. The van der Waals surface area contributed by atoms with Crippen molar-refractivity contribution in [2.45, 2.75) is 44.7 Å². The van der Waals surface area contributed by atoms with Crippen LogP contribution in [-0.4, -0.2) is 56.7 Å². The minimum atomic E-state index is -3.47. The zero-order chi connectivity index (χ0) is 25.7. The lowest BCUT2D eigenvalue weighted by Crippen LogP contribution is -2.48. The van der Waals surface area contributed by atoms with Gasteiger partial charge in [0.25, 0.3) is 5.91 Å². The van der Waals surface area contributed by atoms with Crippen LogP contribution in [0.25, 0.3) is 10.9 Å². The highest BCUT2D eigenvalue weighted by molar-refractivity contribution is 7.92. The summed E-state index contributed by atoms with van der Waals surface area (Å²) < 4.78 is 32.4. The van der Waals surface area contributed by atoms with Gasteiger partial charge in [-0.25, -0.2) is 8.42 Å². The molecule has 190 valence electrons. The van der Waals surface area contributed by atoms with Crippen LogP contribution in [0.3, 0.4) is 0 Å². The first kappa shape index (κ1) is 24.5. The number of carbonyl (C=O) groups excluding carboxylic acids is 1. The number of likely N-dealkylation sites (tertiary alicyclic amines) is 1. The van der Waals surface area contributed by atoms with Gasteiger partial charge in [0.05, 0.1) is 23.0 Å². The van der Waals surface area contributed by atoms with Gasteiger partial charge >= 0.3 is 0 Å². The average Bonchev–Trinajstić information content (AvgIpc) is 3.57. The third-order valence-electron chi connectivity index (χ3n) is 7.20. The monoisotopic (exact) mass is 508 g/mol. The molecule has 1 aliphatic heterocycles. The number of sulfonamides is 1. The van der Waals surface area contributed by atoms with Crippen LogP contribution >= 0.6 is 0 Å². The molecular weight excluding hydrogens is 476 g/mol. The van der Waals surface area contributed by atoms with Crippen LogP contribution in [0, 0.1) is 13.8 Å². The quantitative estimate of drug-likeness (QED) is 0.481.